The Balaban J connectivity index is 1.54. The Labute approximate surface area is 230 Å². The molecule has 0 aliphatic carbocycles. The quantitative estimate of drug-likeness (QED) is 0.166. The van der Waals surface area contributed by atoms with Gasteiger partial charge in [-0.3, -0.25) is 0 Å². The Bertz CT molecular complexity index is 1430. The third kappa shape index (κ3) is 6.09. The Hall–Kier alpha value is -3.84. The number of fused-ring (bicyclic) bond motifs is 3. The zero-order chi connectivity index (χ0) is 27.0. The first-order valence-corrected chi connectivity index (χ1v) is 13.8. The van der Waals surface area contributed by atoms with Gasteiger partial charge in [0.25, 0.3) is 0 Å². The van der Waals surface area contributed by atoms with Crippen LogP contribution in [0.5, 0.6) is 11.5 Å². The second-order valence-electron chi connectivity index (χ2n) is 9.79. The van der Waals surface area contributed by atoms with Crippen LogP contribution in [0.3, 0.4) is 0 Å². The molecule has 0 spiro atoms. The van der Waals surface area contributed by atoms with Gasteiger partial charge in [0.05, 0.1) is 13.2 Å². The molecule has 0 fully saturated rings. The number of hydrogen-bond donors (Lipinski definition) is 3. The van der Waals surface area contributed by atoms with E-state index in [0.29, 0.717) is 32.8 Å². The molecule has 1 heterocycles. The average molecular weight is 523 g/mol. The summed E-state index contributed by atoms with van der Waals surface area (Å²) in [6.45, 7) is 3.99. The molecular formula is C33H38N4O2. The van der Waals surface area contributed by atoms with Gasteiger partial charge in [-0.2, -0.15) is 0 Å². The van der Waals surface area contributed by atoms with Crippen LogP contribution in [0.1, 0.15) is 19.3 Å². The van der Waals surface area contributed by atoms with Gasteiger partial charge in [-0.15, -0.1) is 0 Å². The number of nitrogens with two attached hydrogens (primary N) is 3. The van der Waals surface area contributed by atoms with Crippen molar-refractivity contribution in [2.45, 2.75) is 25.8 Å². The number of aromatic nitrogens is 1. The molecule has 5 aromatic rings. The third-order valence-corrected chi connectivity index (χ3v) is 7.02. The monoisotopic (exact) mass is 522 g/mol. The Morgan fingerprint density at radius 3 is 1.44 bits per heavy atom. The first kappa shape index (κ1) is 26.8. The van der Waals surface area contributed by atoms with Gasteiger partial charge in [0.15, 0.2) is 0 Å². The second-order valence-corrected chi connectivity index (χ2v) is 9.79. The maximum Gasteiger partial charge on any atom is 0.119 e. The fourth-order valence-corrected chi connectivity index (χ4v) is 5.02. The Kier molecular flexibility index (Phi) is 8.78. The molecule has 0 aliphatic rings. The van der Waals surface area contributed by atoms with Crippen molar-refractivity contribution < 1.29 is 9.47 Å². The van der Waals surface area contributed by atoms with Crippen molar-refractivity contribution in [2.75, 3.05) is 32.8 Å². The highest BCUT2D eigenvalue weighted by Crippen LogP contribution is 2.36. The molecule has 202 valence electrons. The predicted octanol–water partition coefficient (Wildman–Crippen LogP) is 5.93. The summed E-state index contributed by atoms with van der Waals surface area (Å²) < 4.78 is 14.2. The van der Waals surface area contributed by atoms with E-state index in [2.05, 4.69) is 65.2 Å². The minimum absolute atomic E-state index is 0.622. The van der Waals surface area contributed by atoms with Crippen LogP contribution in [0.4, 0.5) is 0 Å². The molecule has 6 heteroatoms. The number of ether oxygens (including phenoxy) is 2. The average Bonchev–Trinajstić information content (AvgIpc) is 3.28. The first-order chi connectivity index (χ1) is 19.2. The SMILES string of the molecule is NCCCOc1cccc(-c2ccc3c4ccc(-c5cccc(OCCCN)c5)cc4n(CCCN)c3c2)c1. The molecule has 0 bridgehead atoms. The molecule has 0 saturated carbocycles. The van der Waals surface area contributed by atoms with Crippen molar-refractivity contribution >= 4 is 21.8 Å². The van der Waals surface area contributed by atoms with E-state index < -0.39 is 0 Å². The molecule has 6 N–H and O–H groups in total. The van der Waals surface area contributed by atoms with Crippen LogP contribution in [-0.4, -0.2) is 37.4 Å². The summed E-state index contributed by atoms with van der Waals surface area (Å²) in [5.41, 5.74) is 24.2. The summed E-state index contributed by atoms with van der Waals surface area (Å²) in [7, 11) is 0. The van der Waals surface area contributed by atoms with Crippen molar-refractivity contribution in [3.05, 3.63) is 84.9 Å². The van der Waals surface area contributed by atoms with E-state index in [1.807, 2.05) is 24.3 Å². The van der Waals surface area contributed by atoms with Crippen LogP contribution in [-0.2, 0) is 6.54 Å². The minimum atomic E-state index is 0.622. The maximum absolute atomic E-state index is 5.95. The number of nitrogens with zero attached hydrogens (tertiary/aromatic N) is 1. The van der Waals surface area contributed by atoms with Crippen LogP contribution < -0.4 is 26.7 Å². The van der Waals surface area contributed by atoms with Crippen LogP contribution >= 0.6 is 0 Å². The summed E-state index contributed by atoms with van der Waals surface area (Å²) in [4.78, 5) is 0. The van der Waals surface area contributed by atoms with E-state index in [0.717, 1.165) is 59.6 Å². The smallest absolute Gasteiger partial charge is 0.119 e. The summed E-state index contributed by atoms with van der Waals surface area (Å²) in [5, 5.41) is 2.48. The molecule has 0 atom stereocenters. The van der Waals surface area contributed by atoms with Crippen molar-refractivity contribution in [1.82, 2.24) is 4.57 Å². The molecule has 1 aromatic heterocycles. The lowest BCUT2D eigenvalue weighted by Gasteiger charge is -2.11. The van der Waals surface area contributed by atoms with E-state index in [-0.39, 0.29) is 0 Å². The van der Waals surface area contributed by atoms with Gasteiger partial charge < -0.3 is 31.2 Å². The van der Waals surface area contributed by atoms with Gasteiger partial charge in [0.2, 0.25) is 0 Å². The summed E-state index contributed by atoms with van der Waals surface area (Å²) in [6, 6.07) is 30.0. The maximum atomic E-state index is 5.95. The predicted molar refractivity (Wildman–Crippen MR) is 162 cm³/mol. The number of hydrogen-bond acceptors (Lipinski definition) is 5. The minimum Gasteiger partial charge on any atom is -0.494 e. The van der Waals surface area contributed by atoms with Crippen molar-refractivity contribution in [3.63, 3.8) is 0 Å². The molecule has 0 aliphatic heterocycles. The fourth-order valence-electron chi connectivity index (χ4n) is 5.02. The highest BCUT2D eigenvalue weighted by molar-refractivity contribution is 6.10. The topological polar surface area (TPSA) is 101 Å². The molecule has 6 nitrogen and oxygen atoms in total. The highest BCUT2D eigenvalue weighted by Gasteiger charge is 2.14. The summed E-state index contributed by atoms with van der Waals surface area (Å²) >= 11 is 0. The molecule has 39 heavy (non-hydrogen) atoms. The van der Waals surface area contributed by atoms with Crippen LogP contribution in [0, 0.1) is 0 Å². The van der Waals surface area contributed by atoms with Gasteiger partial charge in [-0.25, -0.2) is 0 Å². The third-order valence-electron chi connectivity index (χ3n) is 7.02. The zero-order valence-corrected chi connectivity index (χ0v) is 22.4. The molecule has 5 rings (SSSR count). The van der Waals surface area contributed by atoms with E-state index in [9.17, 15) is 0 Å². The van der Waals surface area contributed by atoms with Gasteiger partial charge in [0.1, 0.15) is 11.5 Å². The summed E-state index contributed by atoms with van der Waals surface area (Å²) in [6.07, 6.45) is 2.58. The van der Waals surface area contributed by atoms with Crippen LogP contribution in [0.2, 0.25) is 0 Å². The Morgan fingerprint density at radius 2 is 0.974 bits per heavy atom. The molecule has 0 unspecified atom stereocenters. The largest absolute Gasteiger partial charge is 0.494 e. The Morgan fingerprint density at radius 1 is 0.513 bits per heavy atom. The molecule has 0 amide bonds. The van der Waals surface area contributed by atoms with Gasteiger partial charge >= 0.3 is 0 Å². The molecular weight excluding hydrogens is 484 g/mol. The lowest BCUT2D eigenvalue weighted by atomic mass is 10.0. The number of aryl methyl sites for hydroxylation is 1. The van der Waals surface area contributed by atoms with Gasteiger partial charge in [-0.05, 0) is 97.5 Å². The standard InChI is InChI=1S/C33H38N4O2/c34-14-3-17-37-32-22-26(24-6-1-8-28(20-24)38-18-4-15-35)10-12-30(32)31-13-11-27(23-33(31)37)25-7-2-9-29(21-25)39-19-5-16-36/h1-2,6-13,20-23H,3-5,14-19,34-36H2. The zero-order valence-electron chi connectivity index (χ0n) is 22.4. The first-order valence-electron chi connectivity index (χ1n) is 13.8. The van der Waals surface area contributed by atoms with Crippen LogP contribution in [0.15, 0.2) is 84.9 Å². The lowest BCUT2D eigenvalue weighted by Crippen LogP contribution is -2.06. The van der Waals surface area contributed by atoms with Crippen molar-refractivity contribution in [3.8, 4) is 33.8 Å². The van der Waals surface area contributed by atoms with Gasteiger partial charge in [-0.1, -0.05) is 48.5 Å². The normalized spacial score (nSPS) is 11.4. The molecule has 4 aromatic carbocycles. The van der Waals surface area contributed by atoms with E-state index in [4.69, 9.17) is 26.7 Å². The van der Waals surface area contributed by atoms with Gasteiger partial charge in [0, 0.05) is 28.4 Å². The van der Waals surface area contributed by atoms with Crippen molar-refractivity contribution in [2.24, 2.45) is 17.2 Å². The number of rotatable bonds is 13. The van der Waals surface area contributed by atoms with E-state index in [1.165, 1.54) is 21.8 Å². The van der Waals surface area contributed by atoms with E-state index >= 15 is 0 Å². The second kappa shape index (κ2) is 12.8. The number of benzene rings is 4. The molecule has 0 saturated heterocycles. The van der Waals surface area contributed by atoms with Crippen LogP contribution in [0.25, 0.3) is 44.1 Å². The fraction of sp³-hybridized carbons (Fsp3) is 0.273. The highest BCUT2D eigenvalue weighted by atomic mass is 16.5. The summed E-state index contributed by atoms with van der Waals surface area (Å²) in [5.74, 6) is 1.73. The van der Waals surface area contributed by atoms with E-state index in [1.54, 1.807) is 0 Å². The molecule has 0 radical (unpaired) electrons. The van der Waals surface area contributed by atoms with Crippen molar-refractivity contribution in [1.29, 1.82) is 0 Å². The lowest BCUT2D eigenvalue weighted by molar-refractivity contribution is 0.313.